The van der Waals surface area contributed by atoms with Gasteiger partial charge in [-0.05, 0) is 17.7 Å². The molecule has 0 aliphatic rings. The quantitative estimate of drug-likeness (QED) is 0.787. The highest BCUT2D eigenvalue weighted by molar-refractivity contribution is 6.35. The third kappa shape index (κ3) is 1.66. The molecule has 0 atom stereocenters. The van der Waals surface area contributed by atoms with Gasteiger partial charge in [0.05, 0.1) is 23.2 Å². The zero-order valence-corrected chi connectivity index (χ0v) is 9.47. The molecule has 4 nitrogen and oxygen atoms in total. The second-order valence-corrected chi connectivity index (χ2v) is 3.80. The number of fused-ring (bicyclic) bond motifs is 1. The molecule has 1 aromatic heterocycles. The first kappa shape index (κ1) is 11.0. The molecule has 0 unspecified atom stereocenters. The molecule has 0 amide bonds. The molecule has 2 aromatic rings. The van der Waals surface area contributed by atoms with Crippen LogP contribution >= 0.6 is 11.6 Å². The van der Waals surface area contributed by atoms with E-state index in [2.05, 4.69) is 9.72 Å². The van der Waals surface area contributed by atoms with E-state index in [-0.39, 0.29) is 0 Å². The second-order valence-electron chi connectivity index (χ2n) is 3.39. The van der Waals surface area contributed by atoms with Crippen LogP contribution in [0.15, 0.2) is 18.3 Å². The molecule has 0 fully saturated rings. The van der Waals surface area contributed by atoms with Gasteiger partial charge in [-0.1, -0.05) is 11.6 Å². The van der Waals surface area contributed by atoms with Gasteiger partial charge in [-0.3, -0.25) is 0 Å². The minimum Gasteiger partial charge on any atom is -0.465 e. The van der Waals surface area contributed by atoms with Crippen molar-refractivity contribution >= 4 is 28.5 Å². The van der Waals surface area contributed by atoms with E-state index in [0.29, 0.717) is 17.1 Å². The summed E-state index contributed by atoms with van der Waals surface area (Å²) in [6.07, 6.45) is 1.79. The number of aromatic nitrogens is 1. The number of methoxy groups -OCH3 is 1. The number of hydrogen-bond acceptors (Lipinski definition) is 3. The van der Waals surface area contributed by atoms with E-state index < -0.39 is 5.97 Å². The average Bonchev–Trinajstić information content (AvgIpc) is 2.71. The third-order valence-electron chi connectivity index (χ3n) is 2.47. The van der Waals surface area contributed by atoms with Crippen LogP contribution in [0.1, 0.15) is 15.9 Å². The molecule has 3 N–H and O–H groups in total. The molecule has 0 radical (unpaired) electrons. The predicted molar refractivity (Wildman–Crippen MR) is 62.5 cm³/mol. The molecule has 0 aliphatic carbocycles. The van der Waals surface area contributed by atoms with Gasteiger partial charge >= 0.3 is 5.97 Å². The second kappa shape index (κ2) is 4.15. The average molecular weight is 239 g/mol. The smallest absolute Gasteiger partial charge is 0.337 e. The lowest BCUT2D eigenvalue weighted by molar-refractivity contribution is 0.0601. The first-order chi connectivity index (χ1) is 7.67. The van der Waals surface area contributed by atoms with Crippen LogP contribution in [-0.2, 0) is 11.3 Å². The van der Waals surface area contributed by atoms with E-state index in [9.17, 15) is 4.79 Å². The van der Waals surface area contributed by atoms with E-state index in [0.717, 1.165) is 16.5 Å². The first-order valence-electron chi connectivity index (χ1n) is 4.75. The Hall–Kier alpha value is -1.52. The van der Waals surface area contributed by atoms with Gasteiger partial charge in [-0.2, -0.15) is 0 Å². The van der Waals surface area contributed by atoms with Gasteiger partial charge in [-0.25, -0.2) is 4.79 Å². The molecule has 0 spiro atoms. The number of benzene rings is 1. The molecule has 5 heteroatoms. The Kier molecular flexibility index (Phi) is 2.85. The van der Waals surface area contributed by atoms with Crippen molar-refractivity contribution < 1.29 is 9.53 Å². The SMILES string of the molecule is COC(=O)c1cc(Cl)c2[nH]cc(CN)c2c1. The normalized spacial score (nSPS) is 10.7. The Bertz CT molecular complexity index is 548. The van der Waals surface area contributed by atoms with Crippen molar-refractivity contribution in [3.05, 3.63) is 34.5 Å². The minimum absolute atomic E-state index is 0.390. The highest BCUT2D eigenvalue weighted by Crippen LogP contribution is 2.27. The standard InChI is InChI=1S/C11H11ClN2O2/c1-16-11(15)6-2-8-7(4-13)5-14-10(8)9(12)3-6/h2-3,5,14H,4,13H2,1H3. The summed E-state index contributed by atoms with van der Waals surface area (Å²) in [4.78, 5) is 14.4. The van der Waals surface area contributed by atoms with Crippen molar-refractivity contribution in [1.29, 1.82) is 0 Å². The molecule has 16 heavy (non-hydrogen) atoms. The third-order valence-corrected chi connectivity index (χ3v) is 2.77. The molecule has 1 aromatic carbocycles. The first-order valence-corrected chi connectivity index (χ1v) is 5.13. The number of ether oxygens (including phenoxy) is 1. The number of halogens is 1. The number of hydrogen-bond donors (Lipinski definition) is 2. The molecule has 0 saturated heterocycles. The number of carbonyl (C=O) groups is 1. The summed E-state index contributed by atoms with van der Waals surface area (Å²) in [6.45, 7) is 0.390. The topological polar surface area (TPSA) is 68.1 Å². The monoisotopic (exact) mass is 238 g/mol. The zero-order chi connectivity index (χ0) is 11.7. The van der Waals surface area contributed by atoms with Crippen LogP contribution in [0.2, 0.25) is 5.02 Å². The summed E-state index contributed by atoms with van der Waals surface area (Å²) >= 11 is 6.05. The van der Waals surface area contributed by atoms with Gasteiger partial charge in [0, 0.05) is 18.1 Å². The lowest BCUT2D eigenvalue weighted by Crippen LogP contribution is -2.01. The lowest BCUT2D eigenvalue weighted by Gasteiger charge is -2.02. The summed E-state index contributed by atoms with van der Waals surface area (Å²) in [5.74, 6) is -0.409. The van der Waals surface area contributed by atoms with Gasteiger partial charge in [0.1, 0.15) is 0 Å². The van der Waals surface area contributed by atoms with Crippen LogP contribution in [0.5, 0.6) is 0 Å². The van der Waals surface area contributed by atoms with Gasteiger partial charge in [-0.15, -0.1) is 0 Å². The molecule has 0 saturated carbocycles. The molecular formula is C11H11ClN2O2. The molecule has 0 bridgehead atoms. The minimum atomic E-state index is -0.409. The Labute approximate surface area is 97.3 Å². The van der Waals surface area contributed by atoms with E-state index in [1.807, 2.05) is 0 Å². The summed E-state index contributed by atoms with van der Waals surface area (Å²) in [5, 5.41) is 1.34. The molecule has 0 aliphatic heterocycles. The van der Waals surface area contributed by atoms with Gasteiger partial charge in [0.25, 0.3) is 0 Å². The Balaban J connectivity index is 2.68. The molecule has 1 heterocycles. The number of carbonyl (C=O) groups excluding carboxylic acids is 1. The summed E-state index contributed by atoms with van der Waals surface area (Å²) in [5.41, 5.74) is 7.72. The summed E-state index contributed by atoms with van der Waals surface area (Å²) in [6, 6.07) is 3.30. The number of esters is 1. The van der Waals surface area contributed by atoms with E-state index in [1.165, 1.54) is 7.11 Å². The van der Waals surface area contributed by atoms with Crippen LogP contribution < -0.4 is 5.73 Å². The van der Waals surface area contributed by atoms with Crippen LogP contribution in [0.3, 0.4) is 0 Å². The maximum atomic E-state index is 11.4. The van der Waals surface area contributed by atoms with Crippen molar-refractivity contribution in [2.75, 3.05) is 7.11 Å². The number of H-pyrrole nitrogens is 1. The van der Waals surface area contributed by atoms with E-state index in [1.54, 1.807) is 18.3 Å². The predicted octanol–water partition coefficient (Wildman–Crippen LogP) is 2.07. The molecule has 2 rings (SSSR count). The van der Waals surface area contributed by atoms with Crippen molar-refractivity contribution in [2.45, 2.75) is 6.54 Å². The van der Waals surface area contributed by atoms with Crippen LogP contribution in [-0.4, -0.2) is 18.1 Å². The fourth-order valence-corrected chi connectivity index (χ4v) is 1.92. The van der Waals surface area contributed by atoms with Crippen molar-refractivity contribution in [2.24, 2.45) is 5.73 Å². The number of rotatable bonds is 2. The summed E-state index contributed by atoms with van der Waals surface area (Å²) in [7, 11) is 1.33. The Morgan fingerprint density at radius 3 is 2.94 bits per heavy atom. The van der Waals surface area contributed by atoms with Gasteiger partial charge < -0.3 is 15.5 Å². The molecular weight excluding hydrogens is 228 g/mol. The maximum Gasteiger partial charge on any atom is 0.337 e. The highest BCUT2D eigenvalue weighted by Gasteiger charge is 2.12. The van der Waals surface area contributed by atoms with Crippen molar-refractivity contribution in [1.82, 2.24) is 4.98 Å². The number of nitrogens with two attached hydrogens (primary N) is 1. The van der Waals surface area contributed by atoms with Crippen molar-refractivity contribution in [3.8, 4) is 0 Å². The maximum absolute atomic E-state index is 11.4. The molecule has 84 valence electrons. The van der Waals surface area contributed by atoms with Crippen LogP contribution in [0, 0.1) is 0 Å². The van der Waals surface area contributed by atoms with Crippen LogP contribution in [0.25, 0.3) is 10.9 Å². The zero-order valence-electron chi connectivity index (χ0n) is 8.71. The largest absolute Gasteiger partial charge is 0.465 e. The summed E-state index contributed by atoms with van der Waals surface area (Å²) < 4.78 is 4.65. The van der Waals surface area contributed by atoms with Crippen LogP contribution in [0.4, 0.5) is 0 Å². The fourth-order valence-electron chi connectivity index (χ4n) is 1.65. The Morgan fingerprint density at radius 1 is 1.56 bits per heavy atom. The van der Waals surface area contributed by atoms with Gasteiger partial charge in [0.15, 0.2) is 0 Å². The number of nitrogens with one attached hydrogen (secondary N) is 1. The van der Waals surface area contributed by atoms with E-state index in [4.69, 9.17) is 17.3 Å². The highest BCUT2D eigenvalue weighted by atomic mass is 35.5. The Morgan fingerprint density at radius 2 is 2.31 bits per heavy atom. The van der Waals surface area contributed by atoms with E-state index >= 15 is 0 Å². The van der Waals surface area contributed by atoms with Crippen molar-refractivity contribution in [3.63, 3.8) is 0 Å². The number of aromatic amines is 1. The lowest BCUT2D eigenvalue weighted by atomic mass is 10.1. The fraction of sp³-hybridized carbons (Fsp3) is 0.182. The van der Waals surface area contributed by atoms with Gasteiger partial charge in [0.2, 0.25) is 0 Å².